The number of aromatic nitrogens is 4. The van der Waals surface area contributed by atoms with Crippen LogP contribution >= 0.6 is 0 Å². The first-order chi connectivity index (χ1) is 8.19. The molecule has 7 heteroatoms. The van der Waals surface area contributed by atoms with Gasteiger partial charge in [0.1, 0.15) is 6.73 Å². The summed E-state index contributed by atoms with van der Waals surface area (Å²) in [5.74, 6) is 0.206. The summed E-state index contributed by atoms with van der Waals surface area (Å²) in [7, 11) is 3.35. The Balaban J connectivity index is 2.03. The van der Waals surface area contributed by atoms with Crippen molar-refractivity contribution in [3.05, 3.63) is 30.2 Å². The summed E-state index contributed by atoms with van der Waals surface area (Å²) in [5, 5.41) is 10.7. The van der Waals surface area contributed by atoms with E-state index in [9.17, 15) is 4.79 Å². The molecule has 0 bridgehead atoms. The Morgan fingerprint density at radius 3 is 2.88 bits per heavy atom. The predicted molar refractivity (Wildman–Crippen MR) is 60.4 cm³/mol. The zero-order valence-electron chi connectivity index (χ0n) is 9.62. The molecule has 90 valence electrons. The standard InChI is InChI=1S/C10H13N5O2/c1-14-5-4-9(13-14)11-10(16)8-3-6-15(12-8)7-17-2/h3-6H,7H2,1-2H3,(H,11,13,16). The molecule has 2 aromatic heterocycles. The Morgan fingerprint density at radius 1 is 1.41 bits per heavy atom. The first-order valence-corrected chi connectivity index (χ1v) is 5.02. The number of anilines is 1. The summed E-state index contributed by atoms with van der Waals surface area (Å²) in [5.41, 5.74) is 0.327. The van der Waals surface area contributed by atoms with E-state index in [0.717, 1.165) is 0 Å². The normalized spacial score (nSPS) is 10.5. The van der Waals surface area contributed by atoms with Crippen molar-refractivity contribution in [2.45, 2.75) is 6.73 Å². The highest BCUT2D eigenvalue weighted by Gasteiger charge is 2.10. The van der Waals surface area contributed by atoms with Crippen LogP contribution < -0.4 is 5.32 Å². The Morgan fingerprint density at radius 2 is 2.24 bits per heavy atom. The molecule has 2 rings (SSSR count). The van der Waals surface area contributed by atoms with Gasteiger partial charge in [-0.3, -0.25) is 9.48 Å². The van der Waals surface area contributed by atoms with Crippen molar-refractivity contribution >= 4 is 11.7 Å². The first-order valence-electron chi connectivity index (χ1n) is 5.02. The summed E-state index contributed by atoms with van der Waals surface area (Å²) in [6.45, 7) is 0.316. The number of carbonyl (C=O) groups is 1. The molecule has 7 nitrogen and oxygen atoms in total. The number of amides is 1. The van der Waals surface area contributed by atoms with Gasteiger partial charge >= 0.3 is 0 Å². The largest absolute Gasteiger partial charge is 0.362 e. The Bertz CT molecular complexity index is 516. The van der Waals surface area contributed by atoms with Gasteiger partial charge < -0.3 is 10.1 Å². The van der Waals surface area contributed by atoms with Crippen LogP contribution in [-0.2, 0) is 18.5 Å². The van der Waals surface area contributed by atoms with E-state index in [0.29, 0.717) is 18.2 Å². The number of aryl methyl sites for hydroxylation is 1. The molecule has 0 fully saturated rings. The van der Waals surface area contributed by atoms with Gasteiger partial charge in [-0.2, -0.15) is 10.2 Å². The summed E-state index contributed by atoms with van der Waals surface area (Å²) in [6, 6.07) is 3.33. The highest BCUT2D eigenvalue weighted by Crippen LogP contribution is 2.04. The van der Waals surface area contributed by atoms with E-state index < -0.39 is 0 Å². The van der Waals surface area contributed by atoms with Gasteiger partial charge in [0.15, 0.2) is 11.5 Å². The molecule has 17 heavy (non-hydrogen) atoms. The van der Waals surface area contributed by atoms with Gasteiger partial charge in [0.2, 0.25) is 0 Å². The third-order valence-corrected chi connectivity index (χ3v) is 2.09. The van der Waals surface area contributed by atoms with Gasteiger partial charge in [-0.25, -0.2) is 4.68 Å². The van der Waals surface area contributed by atoms with Crippen molar-refractivity contribution in [1.29, 1.82) is 0 Å². The summed E-state index contributed by atoms with van der Waals surface area (Å²) >= 11 is 0. The number of carbonyl (C=O) groups excluding carboxylic acids is 1. The van der Waals surface area contributed by atoms with Crippen molar-refractivity contribution in [3.63, 3.8) is 0 Å². The molecule has 0 aliphatic rings. The fourth-order valence-electron chi connectivity index (χ4n) is 1.35. The summed E-state index contributed by atoms with van der Waals surface area (Å²) in [6.07, 6.45) is 3.43. The quantitative estimate of drug-likeness (QED) is 0.836. The van der Waals surface area contributed by atoms with Crippen molar-refractivity contribution in [3.8, 4) is 0 Å². The molecule has 0 saturated heterocycles. The Labute approximate surface area is 98.0 Å². The summed E-state index contributed by atoms with van der Waals surface area (Å²) in [4.78, 5) is 11.8. The third kappa shape index (κ3) is 2.70. The molecule has 1 amide bonds. The molecule has 0 unspecified atom stereocenters. The van der Waals surface area contributed by atoms with E-state index in [1.807, 2.05) is 0 Å². The molecule has 1 N–H and O–H groups in total. The zero-order chi connectivity index (χ0) is 12.3. The van der Waals surface area contributed by atoms with Gasteiger partial charge in [0.25, 0.3) is 5.91 Å². The molecule has 0 radical (unpaired) electrons. The minimum atomic E-state index is -0.293. The van der Waals surface area contributed by atoms with Gasteiger partial charge in [-0.15, -0.1) is 0 Å². The van der Waals surface area contributed by atoms with Crippen LogP contribution in [-0.4, -0.2) is 32.6 Å². The van der Waals surface area contributed by atoms with Crippen LogP contribution in [0.5, 0.6) is 0 Å². The van der Waals surface area contributed by atoms with E-state index >= 15 is 0 Å². The zero-order valence-corrected chi connectivity index (χ0v) is 9.62. The van der Waals surface area contributed by atoms with Crippen LogP contribution in [0, 0.1) is 0 Å². The predicted octanol–water partition coefficient (Wildman–Crippen LogP) is 0.473. The molecular formula is C10H13N5O2. The van der Waals surface area contributed by atoms with Crippen molar-refractivity contribution in [2.24, 2.45) is 7.05 Å². The van der Waals surface area contributed by atoms with Crippen LogP contribution in [0.4, 0.5) is 5.82 Å². The molecule has 0 aliphatic carbocycles. The van der Waals surface area contributed by atoms with E-state index in [1.165, 1.54) is 4.68 Å². The smallest absolute Gasteiger partial charge is 0.277 e. The second-order valence-corrected chi connectivity index (χ2v) is 3.49. The molecule has 2 aromatic rings. The number of nitrogens with one attached hydrogen (secondary N) is 1. The second kappa shape index (κ2) is 4.79. The molecule has 0 aromatic carbocycles. The lowest BCUT2D eigenvalue weighted by Gasteiger charge is -1.99. The van der Waals surface area contributed by atoms with Crippen molar-refractivity contribution < 1.29 is 9.53 Å². The number of methoxy groups -OCH3 is 1. The Kier molecular flexibility index (Phi) is 3.20. The average molecular weight is 235 g/mol. The maximum atomic E-state index is 11.8. The molecule has 0 aliphatic heterocycles. The fraction of sp³-hybridized carbons (Fsp3) is 0.300. The highest BCUT2D eigenvalue weighted by atomic mass is 16.5. The number of ether oxygens (including phenoxy) is 1. The molecule has 0 saturated carbocycles. The molecule has 2 heterocycles. The monoisotopic (exact) mass is 235 g/mol. The minimum Gasteiger partial charge on any atom is -0.362 e. The molecule has 0 atom stereocenters. The maximum Gasteiger partial charge on any atom is 0.277 e. The number of hydrogen-bond acceptors (Lipinski definition) is 4. The lowest BCUT2D eigenvalue weighted by molar-refractivity contribution is 0.101. The van der Waals surface area contributed by atoms with E-state index in [4.69, 9.17) is 4.74 Å². The fourth-order valence-corrected chi connectivity index (χ4v) is 1.35. The van der Waals surface area contributed by atoms with Gasteiger partial charge in [-0.1, -0.05) is 0 Å². The minimum absolute atomic E-state index is 0.293. The lowest BCUT2D eigenvalue weighted by Crippen LogP contribution is -2.14. The van der Waals surface area contributed by atoms with Crippen LogP contribution in [0.15, 0.2) is 24.5 Å². The third-order valence-electron chi connectivity index (χ3n) is 2.09. The van der Waals surface area contributed by atoms with Gasteiger partial charge in [-0.05, 0) is 6.07 Å². The number of rotatable bonds is 4. The molecule has 0 spiro atoms. The van der Waals surface area contributed by atoms with Crippen molar-refractivity contribution in [2.75, 3.05) is 12.4 Å². The number of hydrogen-bond donors (Lipinski definition) is 1. The first kappa shape index (κ1) is 11.3. The van der Waals surface area contributed by atoms with E-state index in [-0.39, 0.29) is 5.91 Å². The van der Waals surface area contributed by atoms with Crippen LogP contribution in [0.25, 0.3) is 0 Å². The topological polar surface area (TPSA) is 74.0 Å². The van der Waals surface area contributed by atoms with Crippen LogP contribution in [0.1, 0.15) is 10.5 Å². The number of nitrogens with zero attached hydrogens (tertiary/aromatic N) is 4. The van der Waals surface area contributed by atoms with Gasteiger partial charge in [0.05, 0.1) is 0 Å². The highest BCUT2D eigenvalue weighted by molar-refractivity contribution is 6.02. The van der Waals surface area contributed by atoms with Crippen LogP contribution in [0.3, 0.4) is 0 Å². The Hall–Kier alpha value is -2.15. The van der Waals surface area contributed by atoms with Crippen molar-refractivity contribution in [1.82, 2.24) is 19.6 Å². The van der Waals surface area contributed by atoms with Gasteiger partial charge in [0, 0.05) is 32.6 Å². The summed E-state index contributed by atoms with van der Waals surface area (Å²) < 4.78 is 8.04. The van der Waals surface area contributed by atoms with E-state index in [2.05, 4.69) is 15.5 Å². The lowest BCUT2D eigenvalue weighted by atomic mass is 10.4. The molecular weight excluding hydrogens is 222 g/mol. The average Bonchev–Trinajstić information content (AvgIpc) is 2.88. The van der Waals surface area contributed by atoms with Crippen LogP contribution in [0.2, 0.25) is 0 Å². The van der Waals surface area contributed by atoms with E-state index in [1.54, 1.807) is 43.4 Å². The SMILES string of the molecule is COCn1ccc(C(=O)Nc2ccn(C)n2)n1. The second-order valence-electron chi connectivity index (χ2n) is 3.49. The maximum absolute atomic E-state index is 11.8.